The van der Waals surface area contributed by atoms with E-state index in [0.717, 1.165) is 53.0 Å². The Bertz CT molecular complexity index is 1240. The Morgan fingerprint density at radius 2 is 2.14 bits per heavy atom. The second-order valence-electron chi connectivity index (χ2n) is 7.85. The molecule has 4 heterocycles. The molecule has 29 heavy (non-hydrogen) atoms. The number of nitrogens with one attached hydrogen (secondary N) is 2. The van der Waals surface area contributed by atoms with Crippen molar-refractivity contribution in [1.29, 1.82) is 0 Å². The summed E-state index contributed by atoms with van der Waals surface area (Å²) in [5.41, 5.74) is 9.10. The van der Waals surface area contributed by atoms with Gasteiger partial charge >= 0.3 is 6.01 Å². The number of nitrogens with zero attached hydrogens (tertiary/aromatic N) is 5. The summed E-state index contributed by atoms with van der Waals surface area (Å²) < 4.78 is 5.86. The quantitative estimate of drug-likeness (QED) is 0.487. The molecule has 0 bridgehead atoms. The summed E-state index contributed by atoms with van der Waals surface area (Å²) in [4.78, 5) is 23.1. The molecule has 1 aromatic carbocycles. The van der Waals surface area contributed by atoms with Crippen LogP contribution in [0.4, 0.5) is 11.5 Å². The Morgan fingerprint density at radius 3 is 2.90 bits per heavy atom. The Hall–Kier alpha value is -3.46. The van der Waals surface area contributed by atoms with Gasteiger partial charge in [0, 0.05) is 31.1 Å². The third-order valence-corrected chi connectivity index (χ3v) is 5.97. The highest BCUT2D eigenvalue weighted by Crippen LogP contribution is 2.49. The summed E-state index contributed by atoms with van der Waals surface area (Å²) in [6.07, 6.45) is 5.71. The van der Waals surface area contributed by atoms with Crippen molar-refractivity contribution in [3.63, 3.8) is 0 Å². The number of ether oxygens (including phenoxy) is 1. The second-order valence-corrected chi connectivity index (χ2v) is 7.85. The van der Waals surface area contributed by atoms with Crippen molar-refractivity contribution in [3.8, 4) is 11.8 Å². The van der Waals surface area contributed by atoms with Crippen molar-refractivity contribution in [2.45, 2.75) is 12.0 Å². The van der Waals surface area contributed by atoms with E-state index in [9.17, 15) is 0 Å². The van der Waals surface area contributed by atoms with Gasteiger partial charge in [-0.15, -0.1) is 0 Å². The van der Waals surface area contributed by atoms with Crippen LogP contribution in [-0.4, -0.2) is 50.6 Å². The Balaban J connectivity index is 1.55. The number of aromatic amines is 1. The summed E-state index contributed by atoms with van der Waals surface area (Å²) >= 11 is 0. The van der Waals surface area contributed by atoms with E-state index < -0.39 is 0 Å². The van der Waals surface area contributed by atoms with E-state index in [2.05, 4.69) is 36.2 Å². The van der Waals surface area contributed by atoms with E-state index in [-0.39, 0.29) is 11.5 Å². The molecule has 1 saturated carbocycles. The lowest BCUT2D eigenvalue weighted by atomic mass is 10.1. The molecule has 0 amide bonds. The summed E-state index contributed by atoms with van der Waals surface area (Å²) in [6.45, 7) is 1.69. The Morgan fingerprint density at radius 1 is 1.28 bits per heavy atom. The van der Waals surface area contributed by atoms with Gasteiger partial charge in [-0.1, -0.05) is 12.1 Å². The summed E-state index contributed by atoms with van der Waals surface area (Å²) in [5.74, 6) is 1.86. The molecule has 146 valence electrons. The lowest BCUT2D eigenvalue weighted by Gasteiger charge is -2.21. The average molecular weight is 388 g/mol. The van der Waals surface area contributed by atoms with Crippen molar-refractivity contribution in [2.24, 2.45) is 11.7 Å². The standard InChI is InChI=1S/C20H20N8O/c1-22-14-4-2-3-13-15-17(25-16(13)14)26-19(29-12-6-23-10-24-7-12)27-18(15)28-8-11-5-20(11,21)9-28/h2-4,6-7,10-11,22H,5,8-9,21H2,1H3,(H,25,26,27). The first-order valence-corrected chi connectivity index (χ1v) is 9.61. The van der Waals surface area contributed by atoms with Crippen LogP contribution in [0.5, 0.6) is 11.8 Å². The van der Waals surface area contributed by atoms with Gasteiger partial charge in [-0.3, -0.25) is 0 Å². The minimum absolute atomic E-state index is 0.0895. The fourth-order valence-corrected chi connectivity index (χ4v) is 4.39. The van der Waals surface area contributed by atoms with Crippen molar-refractivity contribution in [2.75, 3.05) is 30.4 Å². The molecular formula is C20H20N8O. The van der Waals surface area contributed by atoms with Gasteiger partial charge in [0.25, 0.3) is 0 Å². The summed E-state index contributed by atoms with van der Waals surface area (Å²) in [7, 11) is 1.91. The van der Waals surface area contributed by atoms with Gasteiger partial charge in [-0.25, -0.2) is 9.97 Å². The number of nitrogens with two attached hydrogens (primary N) is 1. The zero-order valence-electron chi connectivity index (χ0n) is 15.9. The normalized spacial score (nSPS) is 22.8. The Labute approximate surface area is 166 Å². The summed E-state index contributed by atoms with van der Waals surface area (Å²) in [6, 6.07) is 6.40. The smallest absolute Gasteiger partial charge is 0.326 e. The molecule has 4 aromatic rings. The van der Waals surface area contributed by atoms with Gasteiger partial charge in [0.2, 0.25) is 0 Å². The maximum atomic E-state index is 6.47. The van der Waals surface area contributed by atoms with Crippen LogP contribution >= 0.6 is 0 Å². The van der Waals surface area contributed by atoms with E-state index >= 15 is 0 Å². The molecule has 9 nitrogen and oxygen atoms in total. The third kappa shape index (κ3) is 2.51. The highest BCUT2D eigenvalue weighted by molar-refractivity contribution is 6.14. The first kappa shape index (κ1) is 16.5. The van der Waals surface area contributed by atoms with Gasteiger partial charge in [-0.2, -0.15) is 9.97 Å². The van der Waals surface area contributed by atoms with Crippen LogP contribution in [0.15, 0.2) is 36.9 Å². The third-order valence-electron chi connectivity index (χ3n) is 5.97. The highest BCUT2D eigenvalue weighted by Gasteiger charge is 2.57. The summed E-state index contributed by atoms with van der Waals surface area (Å²) in [5, 5.41) is 5.29. The lowest BCUT2D eigenvalue weighted by molar-refractivity contribution is 0.439. The molecule has 0 spiro atoms. The molecule has 4 N–H and O–H groups in total. The van der Waals surface area contributed by atoms with Gasteiger partial charge in [0.15, 0.2) is 5.75 Å². The number of aromatic nitrogens is 5. The predicted molar refractivity (Wildman–Crippen MR) is 110 cm³/mol. The van der Waals surface area contributed by atoms with Crippen LogP contribution in [0, 0.1) is 5.92 Å². The first-order valence-electron chi connectivity index (χ1n) is 9.61. The number of piperidine rings is 1. The van der Waals surface area contributed by atoms with Crippen LogP contribution in [-0.2, 0) is 0 Å². The molecule has 1 aliphatic heterocycles. The molecule has 0 radical (unpaired) electrons. The van der Waals surface area contributed by atoms with E-state index in [4.69, 9.17) is 15.5 Å². The molecule has 1 saturated heterocycles. The SMILES string of the molecule is CNc1cccc2c1[nH]c1nc(Oc3cncnc3)nc(N3CC4CC4(N)C3)c12. The average Bonchev–Trinajstić information content (AvgIpc) is 3.06. The van der Waals surface area contributed by atoms with Crippen LogP contribution < -0.4 is 20.7 Å². The monoisotopic (exact) mass is 388 g/mol. The number of benzene rings is 1. The molecular weight excluding hydrogens is 368 g/mol. The van der Waals surface area contributed by atoms with Crippen LogP contribution in [0.2, 0.25) is 0 Å². The molecule has 3 aromatic heterocycles. The molecule has 2 aliphatic rings. The van der Waals surface area contributed by atoms with E-state index in [0.29, 0.717) is 11.7 Å². The largest absolute Gasteiger partial charge is 0.421 e. The van der Waals surface area contributed by atoms with Crippen molar-refractivity contribution in [3.05, 3.63) is 36.9 Å². The predicted octanol–water partition coefficient (Wildman–Crippen LogP) is 2.27. The fourth-order valence-electron chi connectivity index (χ4n) is 4.39. The van der Waals surface area contributed by atoms with Gasteiger partial charge in [-0.05, 0) is 18.4 Å². The van der Waals surface area contributed by atoms with Crippen LogP contribution in [0.25, 0.3) is 21.9 Å². The number of para-hydroxylation sites is 1. The second kappa shape index (κ2) is 5.77. The van der Waals surface area contributed by atoms with Crippen LogP contribution in [0.3, 0.4) is 0 Å². The van der Waals surface area contributed by atoms with E-state index in [1.807, 2.05) is 19.2 Å². The molecule has 2 fully saturated rings. The zero-order valence-corrected chi connectivity index (χ0v) is 15.9. The minimum atomic E-state index is -0.0895. The maximum Gasteiger partial charge on any atom is 0.326 e. The number of anilines is 2. The molecule has 1 aliphatic carbocycles. The highest BCUT2D eigenvalue weighted by atomic mass is 16.5. The maximum absolute atomic E-state index is 6.47. The van der Waals surface area contributed by atoms with Crippen molar-refractivity contribution in [1.82, 2.24) is 24.9 Å². The number of hydrogen-bond donors (Lipinski definition) is 3. The van der Waals surface area contributed by atoms with E-state index in [1.54, 1.807) is 12.4 Å². The molecule has 6 rings (SSSR count). The number of rotatable bonds is 4. The number of H-pyrrole nitrogens is 1. The van der Waals surface area contributed by atoms with E-state index in [1.165, 1.54) is 6.33 Å². The number of hydrogen-bond acceptors (Lipinski definition) is 8. The fraction of sp³-hybridized carbons (Fsp3) is 0.300. The van der Waals surface area contributed by atoms with Crippen molar-refractivity contribution >= 4 is 33.4 Å². The Kier molecular flexibility index (Phi) is 3.28. The topological polar surface area (TPSA) is 118 Å². The lowest BCUT2D eigenvalue weighted by Crippen LogP contribution is -2.33. The first-order chi connectivity index (χ1) is 14.1. The van der Waals surface area contributed by atoms with Gasteiger partial charge < -0.3 is 25.7 Å². The molecule has 2 unspecified atom stereocenters. The van der Waals surface area contributed by atoms with Crippen molar-refractivity contribution < 1.29 is 4.74 Å². The van der Waals surface area contributed by atoms with Gasteiger partial charge in [0.1, 0.15) is 17.8 Å². The number of fused-ring (bicyclic) bond motifs is 4. The molecule has 2 atom stereocenters. The zero-order chi connectivity index (χ0) is 19.6. The minimum Gasteiger partial charge on any atom is -0.421 e. The van der Waals surface area contributed by atoms with Crippen LogP contribution in [0.1, 0.15) is 6.42 Å². The van der Waals surface area contributed by atoms with Gasteiger partial charge in [0.05, 0.1) is 29.0 Å². The molecule has 9 heteroatoms.